The highest BCUT2D eigenvalue weighted by Crippen LogP contribution is 2.25. The van der Waals surface area contributed by atoms with Crippen molar-refractivity contribution >= 4 is 22.5 Å². The van der Waals surface area contributed by atoms with Crippen molar-refractivity contribution in [3.05, 3.63) is 28.9 Å². The molecule has 2 aromatic rings. The molecule has 0 unspecified atom stereocenters. The second-order valence-electron chi connectivity index (χ2n) is 3.68. The summed E-state index contributed by atoms with van der Waals surface area (Å²) < 4.78 is 1.80. The molecule has 0 atom stereocenters. The lowest BCUT2D eigenvalue weighted by atomic mass is 10.1. The van der Waals surface area contributed by atoms with Crippen molar-refractivity contribution in [2.45, 2.75) is 12.8 Å². The van der Waals surface area contributed by atoms with Crippen molar-refractivity contribution in [3.63, 3.8) is 0 Å². The molecule has 1 aromatic carbocycles. The van der Waals surface area contributed by atoms with Crippen LogP contribution in [0.15, 0.2) is 18.3 Å². The summed E-state index contributed by atoms with van der Waals surface area (Å²) in [5, 5.41) is 6.04. The molecule has 1 heterocycles. The Bertz CT molecular complexity index is 476. The van der Waals surface area contributed by atoms with E-state index in [9.17, 15) is 0 Å². The summed E-state index contributed by atoms with van der Waals surface area (Å²) in [4.78, 5) is 0. The van der Waals surface area contributed by atoms with Crippen LogP contribution < -0.4 is 5.73 Å². The fourth-order valence-corrected chi connectivity index (χ4v) is 2.15. The Balaban J connectivity index is 2.44. The lowest BCUT2D eigenvalue weighted by Gasteiger charge is -2.03. The van der Waals surface area contributed by atoms with Crippen molar-refractivity contribution in [3.8, 4) is 0 Å². The van der Waals surface area contributed by atoms with Crippen LogP contribution in [-0.2, 0) is 13.5 Å². The largest absolute Gasteiger partial charge is 0.330 e. The van der Waals surface area contributed by atoms with E-state index in [1.54, 1.807) is 4.68 Å². The smallest absolute Gasteiger partial charge is 0.0865 e. The maximum atomic E-state index is 6.20. The van der Waals surface area contributed by atoms with Crippen LogP contribution in [0.5, 0.6) is 0 Å². The van der Waals surface area contributed by atoms with Crippen LogP contribution in [0.25, 0.3) is 10.9 Å². The number of benzene rings is 1. The predicted octanol–water partition coefficient (Wildman–Crippen LogP) is 2.12. The summed E-state index contributed by atoms with van der Waals surface area (Å²) in [7, 11) is 1.90. The number of fused-ring (bicyclic) bond motifs is 1. The monoisotopic (exact) mass is 223 g/mol. The van der Waals surface area contributed by atoms with Crippen molar-refractivity contribution in [1.29, 1.82) is 0 Å². The molecule has 2 N–H and O–H groups in total. The molecule has 80 valence electrons. The van der Waals surface area contributed by atoms with E-state index in [4.69, 9.17) is 17.3 Å². The third-order valence-corrected chi connectivity index (χ3v) is 2.80. The van der Waals surface area contributed by atoms with E-state index in [0.717, 1.165) is 28.8 Å². The molecule has 0 saturated carbocycles. The SMILES string of the molecule is Cn1ncc2cc(CCCN)cc(Cl)c21. The van der Waals surface area contributed by atoms with E-state index >= 15 is 0 Å². The summed E-state index contributed by atoms with van der Waals surface area (Å²) >= 11 is 6.20. The third kappa shape index (κ3) is 1.98. The Kier molecular flexibility index (Phi) is 2.93. The van der Waals surface area contributed by atoms with Crippen LogP contribution in [0, 0.1) is 0 Å². The zero-order valence-electron chi connectivity index (χ0n) is 8.70. The van der Waals surface area contributed by atoms with Crippen LogP contribution in [-0.4, -0.2) is 16.3 Å². The van der Waals surface area contributed by atoms with Crippen LogP contribution in [0.3, 0.4) is 0 Å². The average Bonchev–Trinajstić information content (AvgIpc) is 2.58. The van der Waals surface area contributed by atoms with Crippen molar-refractivity contribution < 1.29 is 0 Å². The molecule has 3 nitrogen and oxygen atoms in total. The summed E-state index contributed by atoms with van der Waals surface area (Å²) in [6, 6.07) is 4.13. The van der Waals surface area contributed by atoms with E-state index in [-0.39, 0.29) is 0 Å². The number of nitrogens with two attached hydrogens (primary N) is 1. The highest BCUT2D eigenvalue weighted by molar-refractivity contribution is 6.35. The van der Waals surface area contributed by atoms with Gasteiger partial charge in [-0.15, -0.1) is 0 Å². The molecule has 4 heteroatoms. The summed E-state index contributed by atoms with van der Waals surface area (Å²) in [6.45, 7) is 0.711. The van der Waals surface area contributed by atoms with Gasteiger partial charge in [0, 0.05) is 12.4 Å². The number of hydrogen-bond donors (Lipinski definition) is 1. The zero-order chi connectivity index (χ0) is 10.8. The molecule has 0 fully saturated rings. The Morgan fingerprint density at radius 1 is 1.47 bits per heavy atom. The Morgan fingerprint density at radius 3 is 3.00 bits per heavy atom. The van der Waals surface area contributed by atoms with E-state index in [2.05, 4.69) is 11.2 Å². The minimum atomic E-state index is 0.711. The van der Waals surface area contributed by atoms with Crippen LogP contribution in [0.1, 0.15) is 12.0 Å². The van der Waals surface area contributed by atoms with E-state index in [1.807, 2.05) is 19.3 Å². The summed E-state index contributed by atoms with van der Waals surface area (Å²) in [5.41, 5.74) is 7.70. The highest BCUT2D eigenvalue weighted by atomic mass is 35.5. The number of halogens is 1. The first-order valence-corrected chi connectivity index (χ1v) is 5.40. The minimum Gasteiger partial charge on any atom is -0.330 e. The van der Waals surface area contributed by atoms with E-state index in [0.29, 0.717) is 6.54 Å². The topological polar surface area (TPSA) is 43.8 Å². The summed E-state index contributed by atoms with van der Waals surface area (Å²) in [5.74, 6) is 0. The van der Waals surface area contributed by atoms with Gasteiger partial charge in [-0.05, 0) is 37.1 Å². The molecule has 1 aromatic heterocycles. The molecule has 0 aliphatic carbocycles. The molecule has 0 saturated heterocycles. The van der Waals surface area contributed by atoms with Crippen molar-refractivity contribution in [2.24, 2.45) is 12.8 Å². The molecule has 15 heavy (non-hydrogen) atoms. The third-order valence-electron chi connectivity index (χ3n) is 2.52. The quantitative estimate of drug-likeness (QED) is 0.866. The molecule has 0 amide bonds. The lowest BCUT2D eigenvalue weighted by Crippen LogP contribution is -2.00. The predicted molar refractivity (Wildman–Crippen MR) is 63.1 cm³/mol. The zero-order valence-corrected chi connectivity index (χ0v) is 9.46. The highest BCUT2D eigenvalue weighted by Gasteiger charge is 2.06. The minimum absolute atomic E-state index is 0.711. The first kappa shape index (κ1) is 10.5. The van der Waals surface area contributed by atoms with Gasteiger partial charge in [0.15, 0.2) is 0 Å². The van der Waals surface area contributed by atoms with Crippen LogP contribution in [0.2, 0.25) is 5.02 Å². The standard InChI is InChI=1S/C11H14ClN3/c1-15-11-9(7-14-15)5-8(3-2-4-13)6-10(11)12/h5-7H,2-4,13H2,1H3. The number of nitrogens with zero attached hydrogens (tertiary/aromatic N) is 2. The molecule has 0 aliphatic heterocycles. The molecule has 0 bridgehead atoms. The van der Waals surface area contributed by atoms with Gasteiger partial charge in [0.25, 0.3) is 0 Å². The second-order valence-corrected chi connectivity index (χ2v) is 4.08. The molecule has 0 aliphatic rings. The first-order chi connectivity index (χ1) is 7.22. The molecular formula is C11H14ClN3. The second kappa shape index (κ2) is 4.21. The molecule has 2 rings (SSSR count). The van der Waals surface area contributed by atoms with Crippen molar-refractivity contribution in [1.82, 2.24) is 9.78 Å². The van der Waals surface area contributed by atoms with Crippen LogP contribution >= 0.6 is 11.6 Å². The number of aromatic nitrogens is 2. The number of rotatable bonds is 3. The average molecular weight is 224 g/mol. The maximum Gasteiger partial charge on any atom is 0.0865 e. The molecule has 0 spiro atoms. The van der Waals surface area contributed by atoms with E-state index < -0.39 is 0 Å². The van der Waals surface area contributed by atoms with Gasteiger partial charge in [0.05, 0.1) is 16.7 Å². The Labute approximate surface area is 93.8 Å². The van der Waals surface area contributed by atoms with Gasteiger partial charge in [-0.25, -0.2) is 0 Å². The number of hydrogen-bond acceptors (Lipinski definition) is 2. The van der Waals surface area contributed by atoms with Gasteiger partial charge < -0.3 is 5.73 Å². The van der Waals surface area contributed by atoms with E-state index in [1.165, 1.54) is 5.56 Å². The molecule has 0 radical (unpaired) electrons. The lowest BCUT2D eigenvalue weighted by molar-refractivity contribution is 0.796. The van der Waals surface area contributed by atoms with Gasteiger partial charge in [0.1, 0.15) is 0 Å². The normalized spacial score (nSPS) is 11.1. The van der Waals surface area contributed by atoms with Gasteiger partial charge in [-0.3, -0.25) is 4.68 Å². The van der Waals surface area contributed by atoms with Gasteiger partial charge in [-0.2, -0.15) is 5.10 Å². The number of aryl methyl sites for hydroxylation is 2. The van der Waals surface area contributed by atoms with Crippen LogP contribution in [0.4, 0.5) is 0 Å². The first-order valence-electron chi connectivity index (χ1n) is 5.02. The Hall–Kier alpha value is -1.06. The fourth-order valence-electron chi connectivity index (χ4n) is 1.78. The fraction of sp³-hybridized carbons (Fsp3) is 0.364. The maximum absolute atomic E-state index is 6.20. The molecular weight excluding hydrogens is 210 g/mol. The van der Waals surface area contributed by atoms with Gasteiger partial charge in [-0.1, -0.05) is 11.6 Å². The van der Waals surface area contributed by atoms with Crippen molar-refractivity contribution in [2.75, 3.05) is 6.54 Å². The van der Waals surface area contributed by atoms with Gasteiger partial charge in [0.2, 0.25) is 0 Å². The van der Waals surface area contributed by atoms with Gasteiger partial charge >= 0.3 is 0 Å². The summed E-state index contributed by atoms with van der Waals surface area (Å²) in [6.07, 6.45) is 3.80. The Morgan fingerprint density at radius 2 is 2.27 bits per heavy atom.